The van der Waals surface area contributed by atoms with Gasteiger partial charge in [0.2, 0.25) is 0 Å². The number of carboxylic acid groups (broad SMARTS) is 1. The van der Waals surface area contributed by atoms with E-state index in [4.69, 9.17) is 4.98 Å². The maximum Gasteiger partial charge on any atom is 0.412 e. The molecule has 3 heterocycles. The predicted molar refractivity (Wildman–Crippen MR) is 123 cm³/mol. The van der Waals surface area contributed by atoms with E-state index >= 15 is 0 Å². The highest BCUT2D eigenvalue weighted by Crippen LogP contribution is 2.39. The SMILES string of the molecule is C[C@H]1CNCC[C@H]1n1c(Cc2ccccc2)nc2c3c(ccc21)N(C(=O)O)[C@@H](C)CC3. The first-order chi connectivity index (χ1) is 15.0. The summed E-state index contributed by atoms with van der Waals surface area (Å²) < 4.78 is 2.46. The second kappa shape index (κ2) is 8.00. The molecular weight excluding hydrogens is 388 g/mol. The summed E-state index contributed by atoms with van der Waals surface area (Å²) in [6.07, 6.45) is 2.65. The normalized spacial score (nSPS) is 23.7. The van der Waals surface area contributed by atoms with Crippen LogP contribution in [0.4, 0.5) is 10.5 Å². The van der Waals surface area contributed by atoms with Crippen LogP contribution in [0, 0.1) is 5.92 Å². The molecule has 3 atom stereocenters. The van der Waals surface area contributed by atoms with E-state index < -0.39 is 6.09 Å². The fourth-order valence-corrected chi connectivity index (χ4v) is 5.39. The number of fused-ring (bicyclic) bond motifs is 3. The minimum atomic E-state index is -0.885. The number of nitrogens with zero attached hydrogens (tertiary/aromatic N) is 3. The molecule has 1 fully saturated rings. The van der Waals surface area contributed by atoms with E-state index in [1.807, 2.05) is 19.1 Å². The van der Waals surface area contributed by atoms with Gasteiger partial charge in [-0.25, -0.2) is 9.78 Å². The summed E-state index contributed by atoms with van der Waals surface area (Å²) in [5.74, 6) is 1.58. The van der Waals surface area contributed by atoms with Gasteiger partial charge >= 0.3 is 6.09 Å². The molecule has 5 rings (SSSR count). The molecule has 0 radical (unpaired) electrons. The van der Waals surface area contributed by atoms with Crippen LogP contribution in [0.1, 0.15) is 49.7 Å². The summed E-state index contributed by atoms with van der Waals surface area (Å²) in [5.41, 5.74) is 5.24. The highest BCUT2D eigenvalue weighted by atomic mass is 16.4. The van der Waals surface area contributed by atoms with E-state index in [1.54, 1.807) is 0 Å². The summed E-state index contributed by atoms with van der Waals surface area (Å²) in [5, 5.41) is 13.3. The van der Waals surface area contributed by atoms with Crippen molar-refractivity contribution in [2.24, 2.45) is 5.92 Å². The molecule has 6 nitrogen and oxygen atoms in total. The first-order valence-corrected chi connectivity index (χ1v) is 11.3. The second-order valence-corrected chi connectivity index (χ2v) is 9.07. The number of hydrogen-bond donors (Lipinski definition) is 2. The van der Waals surface area contributed by atoms with Crippen molar-refractivity contribution in [1.29, 1.82) is 0 Å². The summed E-state index contributed by atoms with van der Waals surface area (Å²) >= 11 is 0. The van der Waals surface area contributed by atoms with Gasteiger partial charge < -0.3 is 15.0 Å². The molecule has 1 amide bonds. The van der Waals surface area contributed by atoms with Crippen molar-refractivity contribution in [3.63, 3.8) is 0 Å². The molecule has 0 bridgehead atoms. The van der Waals surface area contributed by atoms with E-state index in [-0.39, 0.29) is 6.04 Å². The molecule has 2 N–H and O–H groups in total. The Bertz CT molecular complexity index is 1110. The molecule has 1 saturated heterocycles. The van der Waals surface area contributed by atoms with Crippen molar-refractivity contribution < 1.29 is 9.90 Å². The van der Waals surface area contributed by atoms with Gasteiger partial charge in [-0.15, -0.1) is 0 Å². The van der Waals surface area contributed by atoms with Gasteiger partial charge in [0.05, 0.1) is 16.7 Å². The second-order valence-electron chi connectivity index (χ2n) is 9.07. The lowest BCUT2D eigenvalue weighted by molar-refractivity contribution is 0.198. The third kappa shape index (κ3) is 3.49. The largest absolute Gasteiger partial charge is 0.465 e. The standard InChI is InChI=1S/C25H30N4O2/c1-16-15-26-13-12-20(16)29-22-11-10-21-19(9-8-17(2)28(21)25(30)31)24(22)27-23(29)14-18-6-4-3-5-7-18/h3-7,10-11,16-17,20,26H,8-9,12-15H2,1-2H3,(H,30,31)/t16-,17-,20+/m0/s1. The van der Waals surface area contributed by atoms with E-state index in [0.29, 0.717) is 12.0 Å². The van der Waals surface area contributed by atoms with Crippen molar-refractivity contribution in [3.05, 3.63) is 59.4 Å². The number of imidazole rings is 1. The predicted octanol–water partition coefficient (Wildman–Crippen LogP) is 4.62. The molecule has 0 aliphatic carbocycles. The molecule has 1 aromatic heterocycles. The van der Waals surface area contributed by atoms with Crippen LogP contribution in [-0.4, -0.2) is 39.9 Å². The van der Waals surface area contributed by atoms with Crippen molar-refractivity contribution in [2.45, 2.75) is 51.6 Å². The Hall–Kier alpha value is -2.86. The Morgan fingerprint density at radius 1 is 1.16 bits per heavy atom. The Morgan fingerprint density at radius 2 is 1.97 bits per heavy atom. The number of aryl methyl sites for hydroxylation is 1. The van der Waals surface area contributed by atoms with Gasteiger partial charge in [-0.3, -0.25) is 4.90 Å². The Morgan fingerprint density at radius 3 is 2.71 bits per heavy atom. The number of nitrogens with one attached hydrogen (secondary N) is 1. The molecule has 2 aromatic carbocycles. The Kier molecular flexibility index (Phi) is 5.18. The van der Waals surface area contributed by atoms with Crippen LogP contribution >= 0.6 is 0 Å². The molecule has 31 heavy (non-hydrogen) atoms. The van der Waals surface area contributed by atoms with Gasteiger partial charge in [-0.2, -0.15) is 0 Å². The summed E-state index contributed by atoms with van der Waals surface area (Å²) in [6, 6.07) is 15.0. The molecule has 0 saturated carbocycles. The van der Waals surface area contributed by atoms with Gasteiger partial charge in [-0.1, -0.05) is 37.3 Å². The van der Waals surface area contributed by atoms with E-state index in [1.165, 1.54) is 10.5 Å². The fraction of sp³-hybridized carbons (Fsp3) is 0.440. The van der Waals surface area contributed by atoms with Gasteiger partial charge in [0, 0.05) is 24.1 Å². The third-order valence-corrected chi connectivity index (χ3v) is 7.01. The highest BCUT2D eigenvalue weighted by Gasteiger charge is 2.32. The number of piperidine rings is 1. The first-order valence-electron chi connectivity index (χ1n) is 11.3. The number of hydrogen-bond acceptors (Lipinski definition) is 3. The molecule has 3 aromatic rings. The lowest BCUT2D eigenvalue weighted by Crippen LogP contribution is -2.41. The van der Waals surface area contributed by atoms with Crippen LogP contribution in [-0.2, 0) is 12.8 Å². The molecule has 2 aliphatic heterocycles. The number of amides is 1. The van der Waals surface area contributed by atoms with Gasteiger partial charge in [0.25, 0.3) is 0 Å². The fourth-order valence-electron chi connectivity index (χ4n) is 5.39. The number of rotatable bonds is 3. The lowest BCUT2D eigenvalue weighted by atomic mass is 9.93. The molecule has 2 aliphatic rings. The zero-order valence-electron chi connectivity index (χ0n) is 18.2. The van der Waals surface area contributed by atoms with Crippen LogP contribution in [0.5, 0.6) is 0 Å². The maximum absolute atomic E-state index is 12.0. The van der Waals surface area contributed by atoms with Crippen molar-refractivity contribution in [1.82, 2.24) is 14.9 Å². The molecule has 0 unspecified atom stereocenters. The topological polar surface area (TPSA) is 70.4 Å². The number of anilines is 1. The summed E-state index contributed by atoms with van der Waals surface area (Å²) in [4.78, 5) is 18.6. The zero-order chi connectivity index (χ0) is 21.5. The Labute approximate surface area is 182 Å². The van der Waals surface area contributed by atoms with E-state index in [9.17, 15) is 9.90 Å². The molecular formula is C25H30N4O2. The Balaban J connectivity index is 1.69. The van der Waals surface area contributed by atoms with Gasteiger partial charge in [0.15, 0.2) is 0 Å². The molecule has 162 valence electrons. The summed E-state index contributed by atoms with van der Waals surface area (Å²) in [6.45, 7) is 6.30. The van der Waals surface area contributed by atoms with Crippen LogP contribution < -0.4 is 10.2 Å². The van der Waals surface area contributed by atoms with Crippen LogP contribution in [0.15, 0.2) is 42.5 Å². The van der Waals surface area contributed by atoms with E-state index in [0.717, 1.165) is 66.9 Å². The van der Waals surface area contributed by atoms with Crippen LogP contribution in [0.2, 0.25) is 0 Å². The number of aromatic nitrogens is 2. The van der Waals surface area contributed by atoms with E-state index in [2.05, 4.69) is 47.1 Å². The average molecular weight is 419 g/mol. The maximum atomic E-state index is 12.0. The van der Waals surface area contributed by atoms with Crippen molar-refractivity contribution >= 4 is 22.8 Å². The lowest BCUT2D eigenvalue weighted by Gasteiger charge is -2.34. The van der Waals surface area contributed by atoms with Crippen molar-refractivity contribution in [3.8, 4) is 0 Å². The quantitative estimate of drug-likeness (QED) is 0.651. The smallest absolute Gasteiger partial charge is 0.412 e. The molecule has 0 spiro atoms. The number of benzene rings is 2. The highest BCUT2D eigenvalue weighted by molar-refractivity contribution is 5.94. The monoisotopic (exact) mass is 418 g/mol. The minimum absolute atomic E-state index is 0.0160. The van der Waals surface area contributed by atoms with Gasteiger partial charge in [-0.05, 0) is 62.9 Å². The average Bonchev–Trinajstić information content (AvgIpc) is 3.12. The summed E-state index contributed by atoms with van der Waals surface area (Å²) in [7, 11) is 0. The first kappa shape index (κ1) is 20.1. The van der Waals surface area contributed by atoms with Crippen molar-refractivity contribution in [2.75, 3.05) is 18.0 Å². The number of carbonyl (C=O) groups is 1. The van der Waals surface area contributed by atoms with Crippen LogP contribution in [0.3, 0.4) is 0 Å². The third-order valence-electron chi connectivity index (χ3n) is 7.01. The zero-order valence-corrected chi connectivity index (χ0v) is 18.2. The van der Waals surface area contributed by atoms with Crippen LogP contribution in [0.25, 0.3) is 11.0 Å². The van der Waals surface area contributed by atoms with Gasteiger partial charge in [0.1, 0.15) is 5.82 Å². The molecule has 6 heteroatoms. The minimum Gasteiger partial charge on any atom is -0.465 e.